The van der Waals surface area contributed by atoms with Crippen LogP contribution < -0.4 is 4.74 Å². The molecule has 0 unspecified atom stereocenters. The minimum atomic E-state index is -0.456. The fraction of sp³-hybridized carbons (Fsp3) is 0.150. The van der Waals surface area contributed by atoms with Crippen LogP contribution in [0.3, 0.4) is 0 Å². The summed E-state index contributed by atoms with van der Waals surface area (Å²) in [7, 11) is 0. The average molecular weight is 306 g/mol. The van der Waals surface area contributed by atoms with Crippen molar-refractivity contribution in [3.05, 3.63) is 71.3 Å². The summed E-state index contributed by atoms with van der Waals surface area (Å²) < 4.78 is 10.5. The molecule has 2 aromatic carbocycles. The number of aryl methyl sites for hydroxylation is 1. The van der Waals surface area contributed by atoms with Crippen LogP contribution in [-0.2, 0) is 16.1 Å². The Bertz CT molecular complexity index is 721. The molecule has 0 aliphatic carbocycles. The molecular weight excluding hydrogens is 288 g/mol. The van der Waals surface area contributed by atoms with Gasteiger partial charge in [0.15, 0.2) is 6.61 Å². The topological polar surface area (TPSA) is 35.5 Å². The first-order valence-corrected chi connectivity index (χ1v) is 7.24. The molecule has 2 rings (SSSR count). The van der Waals surface area contributed by atoms with Gasteiger partial charge >= 0.3 is 5.97 Å². The summed E-state index contributed by atoms with van der Waals surface area (Å²) in [6.45, 7) is 2.57. The van der Waals surface area contributed by atoms with Gasteiger partial charge in [0.2, 0.25) is 0 Å². The van der Waals surface area contributed by atoms with E-state index < -0.39 is 5.97 Å². The van der Waals surface area contributed by atoms with E-state index >= 15 is 0 Å². The SMILES string of the molecule is C#CCOC(=O)/C=C/c1ccc(OCc2ccccc2C)cc1. The molecule has 0 heterocycles. The summed E-state index contributed by atoms with van der Waals surface area (Å²) >= 11 is 0. The van der Waals surface area contributed by atoms with Gasteiger partial charge in [-0.2, -0.15) is 0 Å². The van der Waals surface area contributed by atoms with Gasteiger partial charge in [-0.05, 0) is 41.8 Å². The summed E-state index contributed by atoms with van der Waals surface area (Å²) in [6.07, 6.45) is 8.03. The summed E-state index contributed by atoms with van der Waals surface area (Å²) in [5.41, 5.74) is 3.25. The van der Waals surface area contributed by atoms with E-state index in [0.29, 0.717) is 6.61 Å². The number of carbonyl (C=O) groups excluding carboxylic acids is 1. The molecule has 0 bridgehead atoms. The lowest BCUT2D eigenvalue weighted by Gasteiger charge is -2.08. The minimum absolute atomic E-state index is 0.0190. The molecule has 3 heteroatoms. The molecule has 0 atom stereocenters. The van der Waals surface area contributed by atoms with Crippen LogP contribution in [0.5, 0.6) is 5.75 Å². The van der Waals surface area contributed by atoms with Crippen molar-refractivity contribution in [2.75, 3.05) is 6.61 Å². The lowest BCUT2D eigenvalue weighted by atomic mass is 10.1. The fourth-order valence-electron chi connectivity index (χ4n) is 1.93. The standard InChI is InChI=1S/C20H18O3/c1-3-14-22-20(21)13-10-17-8-11-19(12-9-17)23-15-18-7-5-4-6-16(18)2/h1,4-13H,14-15H2,2H3/b13-10+. The van der Waals surface area contributed by atoms with Gasteiger partial charge in [-0.1, -0.05) is 42.3 Å². The van der Waals surface area contributed by atoms with E-state index in [4.69, 9.17) is 15.9 Å². The fourth-order valence-corrected chi connectivity index (χ4v) is 1.93. The van der Waals surface area contributed by atoms with Crippen molar-refractivity contribution in [2.45, 2.75) is 13.5 Å². The third kappa shape index (κ3) is 5.37. The maximum absolute atomic E-state index is 11.3. The normalized spacial score (nSPS) is 10.3. The number of hydrogen-bond acceptors (Lipinski definition) is 3. The van der Waals surface area contributed by atoms with Crippen LogP contribution in [0.25, 0.3) is 6.08 Å². The Balaban J connectivity index is 1.90. The second-order valence-electron chi connectivity index (χ2n) is 4.93. The van der Waals surface area contributed by atoms with E-state index in [0.717, 1.165) is 16.9 Å². The molecule has 0 aliphatic rings. The van der Waals surface area contributed by atoms with Gasteiger partial charge < -0.3 is 9.47 Å². The molecule has 116 valence electrons. The number of hydrogen-bond donors (Lipinski definition) is 0. The third-order valence-corrected chi connectivity index (χ3v) is 3.25. The molecule has 3 nitrogen and oxygen atoms in total. The predicted molar refractivity (Wildman–Crippen MR) is 90.8 cm³/mol. The highest BCUT2D eigenvalue weighted by Crippen LogP contribution is 2.16. The van der Waals surface area contributed by atoms with E-state index in [1.165, 1.54) is 11.6 Å². The van der Waals surface area contributed by atoms with Crippen molar-refractivity contribution < 1.29 is 14.3 Å². The van der Waals surface area contributed by atoms with Gasteiger partial charge in [0, 0.05) is 6.08 Å². The Kier molecular flexibility index (Phi) is 6.02. The molecule has 0 N–H and O–H groups in total. The van der Waals surface area contributed by atoms with Gasteiger partial charge in [0.1, 0.15) is 12.4 Å². The Morgan fingerprint density at radius 2 is 1.91 bits per heavy atom. The maximum Gasteiger partial charge on any atom is 0.331 e. The van der Waals surface area contributed by atoms with Crippen molar-refractivity contribution in [1.82, 2.24) is 0 Å². The lowest BCUT2D eigenvalue weighted by Crippen LogP contribution is -1.99. The van der Waals surface area contributed by atoms with Crippen molar-refractivity contribution in [3.63, 3.8) is 0 Å². The smallest absolute Gasteiger partial charge is 0.331 e. The van der Waals surface area contributed by atoms with Gasteiger partial charge in [0.05, 0.1) is 0 Å². The quantitative estimate of drug-likeness (QED) is 0.463. The monoisotopic (exact) mass is 306 g/mol. The molecule has 0 fully saturated rings. The van der Waals surface area contributed by atoms with Gasteiger partial charge in [-0.3, -0.25) is 0 Å². The zero-order valence-corrected chi connectivity index (χ0v) is 13.0. The first-order chi connectivity index (χ1) is 11.2. The number of benzene rings is 2. The van der Waals surface area contributed by atoms with E-state index in [1.807, 2.05) is 42.5 Å². The second kappa shape index (κ2) is 8.45. The summed E-state index contributed by atoms with van der Waals surface area (Å²) in [6, 6.07) is 15.6. The summed E-state index contributed by atoms with van der Waals surface area (Å²) in [4.78, 5) is 11.3. The number of terminal acetylenes is 1. The van der Waals surface area contributed by atoms with Crippen LogP contribution in [0.15, 0.2) is 54.6 Å². The number of rotatable bonds is 6. The molecule has 0 amide bonds. The van der Waals surface area contributed by atoms with Crippen LogP contribution in [0.1, 0.15) is 16.7 Å². The Morgan fingerprint density at radius 1 is 1.17 bits per heavy atom. The highest BCUT2D eigenvalue weighted by atomic mass is 16.5. The minimum Gasteiger partial charge on any atom is -0.489 e. The molecule has 0 radical (unpaired) electrons. The highest BCUT2D eigenvalue weighted by molar-refractivity contribution is 5.87. The third-order valence-electron chi connectivity index (χ3n) is 3.25. The molecule has 0 aliphatic heterocycles. The van der Waals surface area contributed by atoms with Crippen molar-refractivity contribution in [3.8, 4) is 18.1 Å². The van der Waals surface area contributed by atoms with Crippen molar-refractivity contribution in [2.24, 2.45) is 0 Å². The Hall–Kier alpha value is -2.99. The second-order valence-corrected chi connectivity index (χ2v) is 4.93. The molecule has 23 heavy (non-hydrogen) atoms. The number of ether oxygens (including phenoxy) is 2. The van der Waals surface area contributed by atoms with E-state index in [9.17, 15) is 4.79 Å². The number of esters is 1. The Morgan fingerprint density at radius 3 is 2.61 bits per heavy atom. The van der Waals surface area contributed by atoms with E-state index in [-0.39, 0.29) is 6.61 Å². The van der Waals surface area contributed by atoms with Crippen LogP contribution in [-0.4, -0.2) is 12.6 Å². The maximum atomic E-state index is 11.3. The summed E-state index contributed by atoms with van der Waals surface area (Å²) in [5, 5.41) is 0. The number of carbonyl (C=O) groups is 1. The van der Waals surface area contributed by atoms with Crippen LogP contribution in [0, 0.1) is 19.3 Å². The van der Waals surface area contributed by atoms with Gasteiger partial charge in [-0.15, -0.1) is 6.42 Å². The van der Waals surface area contributed by atoms with Crippen LogP contribution in [0.4, 0.5) is 0 Å². The molecule has 0 saturated carbocycles. The summed E-state index contributed by atoms with van der Waals surface area (Å²) in [5.74, 6) is 2.56. The zero-order valence-electron chi connectivity index (χ0n) is 13.0. The molecule has 0 saturated heterocycles. The average Bonchev–Trinajstić information content (AvgIpc) is 2.58. The molecule has 0 aromatic heterocycles. The molecule has 2 aromatic rings. The van der Waals surface area contributed by atoms with E-state index in [2.05, 4.69) is 18.9 Å². The van der Waals surface area contributed by atoms with Gasteiger partial charge in [-0.25, -0.2) is 4.79 Å². The largest absolute Gasteiger partial charge is 0.489 e. The van der Waals surface area contributed by atoms with E-state index in [1.54, 1.807) is 6.08 Å². The highest BCUT2D eigenvalue weighted by Gasteiger charge is 1.99. The molecule has 0 spiro atoms. The lowest BCUT2D eigenvalue weighted by molar-refractivity contribution is -0.136. The molecular formula is C20H18O3. The zero-order chi connectivity index (χ0) is 16.5. The van der Waals surface area contributed by atoms with Crippen molar-refractivity contribution >= 4 is 12.0 Å². The van der Waals surface area contributed by atoms with Crippen LogP contribution >= 0.6 is 0 Å². The van der Waals surface area contributed by atoms with Crippen molar-refractivity contribution in [1.29, 1.82) is 0 Å². The van der Waals surface area contributed by atoms with Gasteiger partial charge in [0.25, 0.3) is 0 Å². The Labute approximate surface area is 136 Å². The van der Waals surface area contributed by atoms with Crippen LogP contribution in [0.2, 0.25) is 0 Å². The predicted octanol–water partition coefficient (Wildman–Crippen LogP) is 3.76. The first kappa shape index (κ1) is 16.4. The first-order valence-electron chi connectivity index (χ1n) is 7.24.